The molecule has 2 saturated heterocycles. The standard InChI is InChI=1S/C43H44ClF2N9O4/c1-48-34-20-37(52-55-36(39(47)57)22-50-40(34)55)54-17-13-29-28(3-2-4-35(29)54)33-9-5-25(21-49-33)23-53-18-16-42(43(45,46)24-53)14-11-26(12-15-42)59-27-6-8-32(44)31(19-27)30-7-10-38(56)51-41(30)58/h2-6,8-9,19-22,26,30,48H,7,10-18,23-24H2,1H3,(H2,47,57)(H,51,56,58). The molecule has 59 heavy (non-hydrogen) atoms. The molecule has 0 bridgehead atoms. The average molecular weight is 824 g/mol. The number of carbonyl (C=O) groups is 3. The Morgan fingerprint density at radius 1 is 1.02 bits per heavy atom. The van der Waals surface area contributed by atoms with Gasteiger partial charge in [-0.3, -0.25) is 29.6 Å². The molecule has 6 heterocycles. The number of alkyl halides is 2. The topological polar surface area (TPSA) is 160 Å². The highest BCUT2D eigenvalue weighted by Gasteiger charge is 2.57. The van der Waals surface area contributed by atoms with E-state index in [0.717, 1.165) is 34.5 Å². The van der Waals surface area contributed by atoms with E-state index >= 15 is 8.78 Å². The second-order valence-corrected chi connectivity index (χ2v) is 16.5. The van der Waals surface area contributed by atoms with Crippen molar-refractivity contribution < 1.29 is 27.9 Å². The zero-order chi connectivity index (χ0) is 41.1. The monoisotopic (exact) mass is 823 g/mol. The predicted molar refractivity (Wildman–Crippen MR) is 218 cm³/mol. The number of hydrogen-bond donors (Lipinski definition) is 3. The summed E-state index contributed by atoms with van der Waals surface area (Å²) in [6.07, 6.45) is 6.46. The number of anilines is 3. The molecule has 16 heteroatoms. The second kappa shape index (κ2) is 15.2. The Kier molecular flexibility index (Phi) is 9.98. The lowest BCUT2D eigenvalue weighted by Gasteiger charge is -2.50. The number of benzene rings is 2. The van der Waals surface area contributed by atoms with Crippen molar-refractivity contribution >= 4 is 52.2 Å². The van der Waals surface area contributed by atoms with Crippen LogP contribution in [0.1, 0.15) is 78.0 Å². The van der Waals surface area contributed by atoms with Gasteiger partial charge in [-0.25, -0.2) is 18.3 Å². The van der Waals surface area contributed by atoms with E-state index in [9.17, 15) is 14.4 Å². The van der Waals surface area contributed by atoms with Gasteiger partial charge in [-0.1, -0.05) is 29.8 Å². The lowest BCUT2D eigenvalue weighted by atomic mass is 9.65. The summed E-state index contributed by atoms with van der Waals surface area (Å²) in [4.78, 5) is 49.3. The number of rotatable bonds is 9. The molecule has 3 aromatic heterocycles. The number of fused-ring (bicyclic) bond motifs is 2. The molecule has 1 aliphatic carbocycles. The Balaban J connectivity index is 0.831. The van der Waals surface area contributed by atoms with E-state index < -0.39 is 23.2 Å². The summed E-state index contributed by atoms with van der Waals surface area (Å²) in [5, 5.41) is 10.7. The zero-order valence-corrected chi connectivity index (χ0v) is 33.3. The number of imidazole rings is 1. The minimum absolute atomic E-state index is 0.192. The van der Waals surface area contributed by atoms with Gasteiger partial charge in [0.05, 0.1) is 36.1 Å². The van der Waals surface area contributed by atoms with Crippen molar-refractivity contribution in [2.45, 2.75) is 75.9 Å². The molecule has 3 amide bonds. The number of pyridine rings is 1. The molecule has 4 N–H and O–H groups in total. The van der Waals surface area contributed by atoms with Crippen LogP contribution in [0.15, 0.2) is 67.0 Å². The largest absolute Gasteiger partial charge is 0.490 e. The summed E-state index contributed by atoms with van der Waals surface area (Å²) in [5.41, 5.74) is 11.3. The molecule has 3 aliphatic heterocycles. The molecule has 13 nitrogen and oxygen atoms in total. The number of likely N-dealkylation sites (tertiary alicyclic amines) is 1. The minimum Gasteiger partial charge on any atom is -0.490 e. The van der Waals surface area contributed by atoms with Crippen LogP contribution in [0.3, 0.4) is 0 Å². The Labute approximate surface area is 344 Å². The first-order valence-corrected chi connectivity index (χ1v) is 20.4. The Bertz CT molecular complexity index is 2470. The van der Waals surface area contributed by atoms with Gasteiger partial charge in [0.15, 0.2) is 11.5 Å². The molecule has 9 rings (SSSR count). The van der Waals surface area contributed by atoms with Gasteiger partial charge in [0.25, 0.3) is 11.8 Å². The van der Waals surface area contributed by atoms with Crippen LogP contribution in [-0.4, -0.2) is 80.9 Å². The molecular weight excluding hydrogens is 780 g/mol. The van der Waals surface area contributed by atoms with Crippen molar-refractivity contribution in [1.82, 2.24) is 29.8 Å². The van der Waals surface area contributed by atoms with E-state index in [2.05, 4.69) is 20.5 Å². The fourth-order valence-electron chi connectivity index (χ4n) is 9.43. The normalized spacial score (nSPS) is 23.0. The predicted octanol–water partition coefficient (Wildman–Crippen LogP) is 6.65. The van der Waals surface area contributed by atoms with E-state index in [4.69, 9.17) is 32.2 Å². The van der Waals surface area contributed by atoms with Crippen molar-refractivity contribution in [3.05, 3.63) is 94.4 Å². The van der Waals surface area contributed by atoms with E-state index in [-0.39, 0.29) is 36.6 Å². The summed E-state index contributed by atoms with van der Waals surface area (Å²) in [7, 11) is 1.79. The van der Waals surface area contributed by atoms with Crippen LogP contribution in [0.2, 0.25) is 5.02 Å². The Morgan fingerprint density at radius 3 is 2.58 bits per heavy atom. The quantitative estimate of drug-likeness (QED) is 0.138. The number of piperidine rings is 2. The van der Waals surface area contributed by atoms with Gasteiger partial charge in [0.1, 0.15) is 11.4 Å². The molecule has 306 valence electrons. The maximum absolute atomic E-state index is 16.1. The minimum atomic E-state index is -2.87. The van der Waals surface area contributed by atoms with E-state index in [1.165, 1.54) is 10.7 Å². The first kappa shape index (κ1) is 38.8. The van der Waals surface area contributed by atoms with E-state index in [1.54, 1.807) is 31.4 Å². The molecule has 1 unspecified atom stereocenters. The van der Waals surface area contributed by atoms with E-state index in [0.29, 0.717) is 91.6 Å². The lowest BCUT2D eigenvalue weighted by molar-refractivity contribution is -0.189. The Hall–Kier alpha value is -5.67. The molecule has 4 aliphatic rings. The number of aromatic nitrogens is 4. The maximum Gasteiger partial charge on any atom is 0.269 e. The van der Waals surface area contributed by atoms with Gasteiger partial charge in [0, 0.05) is 60.5 Å². The summed E-state index contributed by atoms with van der Waals surface area (Å²) in [5.74, 6) is -3.52. The highest BCUT2D eigenvalue weighted by Crippen LogP contribution is 2.53. The third-order valence-electron chi connectivity index (χ3n) is 12.7. The number of nitrogens with one attached hydrogen (secondary N) is 2. The van der Waals surface area contributed by atoms with Crippen molar-refractivity contribution in [2.75, 3.05) is 36.9 Å². The summed E-state index contributed by atoms with van der Waals surface area (Å²) < 4.78 is 40.0. The van der Waals surface area contributed by atoms with Crippen molar-refractivity contribution in [1.29, 1.82) is 0 Å². The fourth-order valence-corrected chi connectivity index (χ4v) is 9.68. The molecule has 1 spiro atoms. The van der Waals surface area contributed by atoms with Gasteiger partial charge in [-0.15, -0.1) is 5.10 Å². The third kappa shape index (κ3) is 7.13. The number of amides is 3. The van der Waals surface area contributed by atoms with Crippen LogP contribution < -0.4 is 26.0 Å². The highest BCUT2D eigenvalue weighted by molar-refractivity contribution is 6.31. The maximum atomic E-state index is 16.1. The fraction of sp³-hybridized carbons (Fsp3) is 0.395. The first-order chi connectivity index (χ1) is 28.4. The van der Waals surface area contributed by atoms with Crippen LogP contribution >= 0.6 is 11.6 Å². The smallest absolute Gasteiger partial charge is 0.269 e. The number of hydrogen-bond acceptors (Lipinski definition) is 10. The SMILES string of the molecule is CNc1cc(N2CCc3c(-c4ccc(CN5CCC6(CCC(Oc7ccc(Cl)c(C8CCC(=O)NC8=O)c7)CC6)C(F)(F)C5)cn4)cccc32)nn2c(C(N)=O)cnc12. The first-order valence-electron chi connectivity index (χ1n) is 20.0. The van der Waals surface area contributed by atoms with Gasteiger partial charge >= 0.3 is 0 Å². The highest BCUT2D eigenvalue weighted by atomic mass is 35.5. The summed E-state index contributed by atoms with van der Waals surface area (Å²) >= 11 is 6.44. The number of imide groups is 1. The van der Waals surface area contributed by atoms with Crippen molar-refractivity contribution in [2.24, 2.45) is 11.1 Å². The summed E-state index contributed by atoms with van der Waals surface area (Å²) in [6, 6.07) is 17.1. The molecule has 1 atom stereocenters. The van der Waals surface area contributed by atoms with Crippen LogP contribution in [0.25, 0.3) is 16.9 Å². The number of nitrogens with zero attached hydrogens (tertiary/aromatic N) is 6. The number of primary amides is 1. The molecule has 2 aromatic carbocycles. The molecular formula is C43H44ClF2N9O4. The zero-order valence-electron chi connectivity index (χ0n) is 32.5. The number of ether oxygens (including phenoxy) is 1. The lowest BCUT2D eigenvalue weighted by Crippen LogP contribution is -2.57. The molecule has 5 aromatic rings. The number of halogens is 3. The third-order valence-corrected chi connectivity index (χ3v) is 13.0. The summed E-state index contributed by atoms with van der Waals surface area (Å²) in [6.45, 7) is 1.29. The van der Waals surface area contributed by atoms with E-state index in [1.807, 2.05) is 41.3 Å². The van der Waals surface area contributed by atoms with Gasteiger partial charge in [0.2, 0.25) is 11.8 Å². The van der Waals surface area contributed by atoms with Gasteiger partial charge in [-0.05, 0) is 98.5 Å². The van der Waals surface area contributed by atoms with Crippen LogP contribution in [-0.2, 0) is 22.6 Å². The van der Waals surface area contributed by atoms with Gasteiger partial charge < -0.3 is 20.7 Å². The van der Waals surface area contributed by atoms with Crippen LogP contribution in [0.5, 0.6) is 5.75 Å². The Morgan fingerprint density at radius 2 is 1.85 bits per heavy atom. The molecule has 0 radical (unpaired) electrons. The van der Waals surface area contributed by atoms with Crippen LogP contribution in [0.4, 0.5) is 26.0 Å². The average Bonchev–Trinajstić information content (AvgIpc) is 3.86. The molecule has 1 saturated carbocycles. The molecule has 3 fully saturated rings. The number of carbonyl (C=O) groups excluding carboxylic acids is 3. The number of nitrogens with two attached hydrogens (primary N) is 1. The van der Waals surface area contributed by atoms with Crippen LogP contribution in [0, 0.1) is 5.41 Å². The van der Waals surface area contributed by atoms with Gasteiger partial charge in [-0.2, -0.15) is 0 Å². The van der Waals surface area contributed by atoms with Crippen molar-refractivity contribution in [3.63, 3.8) is 0 Å². The second-order valence-electron chi connectivity index (χ2n) is 16.1. The van der Waals surface area contributed by atoms with Crippen molar-refractivity contribution in [3.8, 4) is 17.0 Å².